The van der Waals surface area contributed by atoms with E-state index < -0.39 is 0 Å². The molecule has 3 fully saturated rings. The molecule has 3 aromatic rings. The number of hydrogen-bond acceptors (Lipinski definition) is 6. The van der Waals surface area contributed by atoms with Crippen molar-refractivity contribution in [2.24, 2.45) is 16.7 Å². The van der Waals surface area contributed by atoms with E-state index in [1.54, 1.807) is 6.07 Å². The molecule has 1 saturated carbocycles. The molecule has 0 spiro atoms. The Balaban J connectivity index is 1.03. The molecule has 8 nitrogen and oxygen atoms in total. The van der Waals surface area contributed by atoms with Gasteiger partial charge in [-0.15, -0.1) is 0 Å². The van der Waals surface area contributed by atoms with Crippen molar-refractivity contribution in [1.29, 1.82) is 5.26 Å². The maximum absolute atomic E-state index is 13.4. The number of ether oxygens (including phenoxy) is 1. The molecule has 2 N–H and O–H groups in total. The van der Waals surface area contributed by atoms with Crippen molar-refractivity contribution in [2.75, 3.05) is 32.7 Å². The standard InChI is InChI=1S/C37H48N6O2/c1-25-20-32(11-10-29(25)21-38)45-35-36(2,3)34(37(35,4)5)41-33(44)28-8-6-27(7-9-28)30-22-40-43(24-30)31-14-18-42(19-15-31)23-26-12-16-39-17-13-26/h6-11,20,22,24,26,31,34-35,39H,12-19,23H2,1-5H3,(H,41,44). The van der Waals surface area contributed by atoms with Gasteiger partial charge in [0.05, 0.1) is 23.9 Å². The maximum Gasteiger partial charge on any atom is 0.251 e. The molecule has 2 saturated heterocycles. The van der Waals surface area contributed by atoms with E-state index >= 15 is 0 Å². The molecule has 3 aliphatic rings. The predicted octanol–water partition coefficient (Wildman–Crippen LogP) is 5.98. The summed E-state index contributed by atoms with van der Waals surface area (Å²) in [6.07, 6.45) is 8.90. The molecule has 1 aliphatic carbocycles. The average molecular weight is 609 g/mol. The topological polar surface area (TPSA) is 95.2 Å². The molecule has 2 aromatic carbocycles. The molecule has 0 unspecified atom stereocenters. The third kappa shape index (κ3) is 6.39. The van der Waals surface area contributed by atoms with Gasteiger partial charge in [0.1, 0.15) is 11.9 Å². The van der Waals surface area contributed by atoms with E-state index in [9.17, 15) is 10.1 Å². The summed E-state index contributed by atoms with van der Waals surface area (Å²) in [5.74, 6) is 1.51. The molecule has 1 aromatic heterocycles. The minimum atomic E-state index is -0.279. The van der Waals surface area contributed by atoms with Gasteiger partial charge in [0.15, 0.2) is 0 Å². The van der Waals surface area contributed by atoms with Crippen molar-refractivity contribution in [3.63, 3.8) is 0 Å². The minimum absolute atomic E-state index is 0.0639. The van der Waals surface area contributed by atoms with E-state index in [1.807, 2.05) is 49.5 Å². The van der Waals surface area contributed by atoms with Crippen LogP contribution in [0.1, 0.15) is 80.9 Å². The number of likely N-dealkylation sites (tertiary alicyclic amines) is 1. The van der Waals surface area contributed by atoms with Gasteiger partial charge < -0.3 is 20.3 Å². The number of nitrogens with zero attached hydrogens (tertiary/aromatic N) is 4. The van der Waals surface area contributed by atoms with Crippen molar-refractivity contribution in [1.82, 2.24) is 25.3 Å². The first kappa shape index (κ1) is 31.3. The van der Waals surface area contributed by atoms with Crippen LogP contribution in [0, 0.1) is 35.0 Å². The molecule has 3 heterocycles. The van der Waals surface area contributed by atoms with Gasteiger partial charge in [0.2, 0.25) is 0 Å². The molecule has 8 heteroatoms. The second-order valence-electron chi connectivity index (χ2n) is 14.6. The van der Waals surface area contributed by atoms with Gasteiger partial charge in [0, 0.05) is 53.8 Å². The number of carbonyl (C=O) groups excluding carboxylic acids is 1. The summed E-state index contributed by atoms with van der Waals surface area (Å²) in [6, 6.07) is 16.0. The summed E-state index contributed by atoms with van der Waals surface area (Å²) in [6.45, 7) is 16.3. The zero-order valence-corrected chi connectivity index (χ0v) is 27.5. The molecule has 6 rings (SSSR count). The summed E-state index contributed by atoms with van der Waals surface area (Å²) in [5.41, 5.74) is 3.78. The second-order valence-corrected chi connectivity index (χ2v) is 14.6. The van der Waals surface area contributed by atoms with E-state index in [0.29, 0.717) is 17.2 Å². The molecule has 0 radical (unpaired) electrons. The molecular weight excluding hydrogens is 560 g/mol. The van der Waals surface area contributed by atoms with Crippen LogP contribution in [0.25, 0.3) is 11.1 Å². The average Bonchev–Trinajstić information content (AvgIpc) is 3.54. The smallest absolute Gasteiger partial charge is 0.251 e. The van der Waals surface area contributed by atoms with Crippen LogP contribution < -0.4 is 15.4 Å². The fourth-order valence-corrected chi connectivity index (χ4v) is 8.28. The molecule has 45 heavy (non-hydrogen) atoms. The van der Waals surface area contributed by atoms with Crippen LogP contribution in [-0.2, 0) is 0 Å². The van der Waals surface area contributed by atoms with Crippen molar-refractivity contribution >= 4 is 5.91 Å². The SMILES string of the molecule is Cc1cc(OC2C(C)(C)C(NC(=O)c3ccc(-c4cnn(C5CCN(CC6CCNCC6)CC5)c4)cc3)C2(C)C)ccc1C#N. The van der Waals surface area contributed by atoms with Crippen LogP contribution in [-0.4, -0.2) is 65.5 Å². The fourth-order valence-electron chi connectivity index (χ4n) is 8.28. The van der Waals surface area contributed by atoms with Gasteiger partial charge in [-0.1, -0.05) is 39.8 Å². The predicted molar refractivity (Wildman–Crippen MR) is 177 cm³/mol. The molecule has 1 amide bonds. The fraction of sp³-hybridized carbons (Fsp3) is 0.541. The van der Waals surface area contributed by atoms with E-state index in [1.165, 1.54) is 19.4 Å². The van der Waals surface area contributed by atoms with Crippen molar-refractivity contribution in [3.8, 4) is 22.9 Å². The highest BCUT2D eigenvalue weighted by molar-refractivity contribution is 5.95. The largest absolute Gasteiger partial charge is 0.489 e. The van der Waals surface area contributed by atoms with Crippen LogP contribution >= 0.6 is 0 Å². The summed E-state index contributed by atoms with van der Waals surface area (Å²) in [4.78, 5) is 16.1. The number of rotatable bonds is 8. The Labute approximate surface area is 268 Å². The minimum Gasteiger partial charge on any atom is -0.489 e. The quantitative estimate of drug-likeness (QED) is 0.327. The Bertz CT molecular complexity index is 1520. The van der Waals surface area contributed by atoms with Crippen molar-refractivity contribution < 1.29 is 9.53 Å². The van der Waals surface area contributed by atoms with Crippen LogP contribution in [0.5, 0.6) is 5.75 Å². The summed E-state index contributed by atoms with van der Waals surface area (Å²) < 4.78 is 8.60. The number of aromatic nitrogens is 2. The van der Waals surface area contributed by atoms with Crippen LogP contribution in [0.3, 0.4) is 0 Å². The number of piperidine rings is 2. The molecular formula is C37H48N6O2. The van der Waals surface area contributed by atoms with Crippen molar-refractivity contribution in [2.45, 2.75) is 78.5 Å². The maximum atomic E-state index is 13.4. The number of carbonyl (C=O) groups is 1. The number of hydrogen-bond donors (Lipinski definition) is 2. The Morgan fingerprint density at radius 3 is 2.36 bits per heavy atom. The van der Waals surface area contributed by atoms with Crippen LogP contribution in [0.2, 0.25) is 0 Å². The first-order valence-corrected chi connectivity index (χ1v) is 16.6. The van der Waals surface area contributed by atoms with Gasteiger partial charge >= 0.3 is 0 Å². The van der Waals surface area contributed by atoms with Gasteiger partial charge in [-0.2, -0.15) is 10.4 Å². The summed E-state index contributed by atoms with van der Waals surface area (Å²) in [5, 5.41) is 20.8. The molecule has 2 aliphatic heterocycles. The second kappa shape index (κ2) is 12.6. The van der Waals surface area contributed by atoms with Gasteiger partial charge in [0.25, 0.3) is 5.91 Å². The number of benzene rings is 2. The lowest BCUT2D eigenvalue weighted by molar-refractivity contribution is -0.164. The number of aryl methyl sites for hydroxylation is 1. The van der Waals surface area contributed by atoms with Crippen LogP contribution in [0.4, 0.5) is 0 Å². The molecule has 0 atom stereocenters. The number of nitriles is 1. The number of nitrogens with one attached hydrogen (secondary N) is 2. The van der Waals surface area contributed by atoms with E-state index in [-0.39, 0.29) is 28.9 Å². The highest BCUT2D eigenvalue weighted by atomic mass is 16.5. The van der Waals surface area contributed by atoms with Gasteiger partial charge in [-0.3, -0.25) is 9.48 Å². The highest BCUT2D eigenvalue weighted by Crippen LogP contribution is 2.55. The third-order valence-electron chi connectivity index (χ3n) is 10.7. The van der Waals surface area contributed by atoms with Gasteiger partial charge in [-0.25, -0.2) is 0 Å². The Morgan fingerprint density at radius 1 is 1.02 bits per heavy atom. The molecule has 238 valence electrons. The first-order valence-electron chi connectivity index (χ1n) is 16.6. The lowest BCUT2D eigenvalue weighted by Gasteiger charge is -2.63. The van der Waals surface area contributed by atoms with Gasteiger partial charge in [-0.05, 0) is 93.1 Å². The highest BCUT2D eigenvalue weighted by Gasteiger charge is 2.64. The zero-order valence-electron chi connectivity index (χ0n) is 27.5. The number of amides is 1. The zero-order chi connectivity index (χ0) is 31.8. The molecule has 0 bridgehead atoms. The van der Waals surface area contributed by atoms with E-state index in [0.717, 1.165) is 67.4 Å². The normalized spacial score (nSPS) is 23.6. The lowest BCUT2D eigenvalue weighted by atomic mass is 9.49. The third-order valence-corrected chi connectivity index (χ3v) is 10.7. The van der Waals surface area contributed by atoms with Crippen molar-refractivity contribution in [3.05, 3.63) is 71.5 Å². The first-order chi connectivity index (χ1) is 21.6. The van der Waals surface area contributed by atoms with E-state index in [4.69, 9.17) is 9.84 Å². The van der Waals surface area contributed by atoms with E-state index in [2.05, 4.69) is 60.2 Å². The van der Waals surface area contributed by atoms with Crippen LogP contribution in [0.15, 0.2) is 54.9 Å². The Morgan fingerprint density at radius 2 is 1.71 bits per heavy atom. The monoisotopic (exact) mass is 608 g/mol. The summed E-state index contributed by atoms with van der Waals surface area (Å²) in [7, 11) is 0. The Kier molecular flexibility index (Phi) is 8.78. The summed E-state index contributed by atoms with van der Waals surface area (Å²) >= 11 is 0. The lowest BCUT2D eigenvalue weighted by Crippen LogP contribution is -2.74. The Hall–Kier alpha value is -3.67.